The van der Waals surface area contributed by atoms with Gasteiger partial charge in [-0.3, -0.25) is 9.48 Å². The molecule has 2 heterocycles. The lowest BCUT2D eigenvalue weighted by Crippen LogP contribution is -2.25. The van der Waals surface area contributed by atoms with Crippen molar-refractivity contribution in [3.8, 4) is 0 Å². The van der Waals surface area contributed by atoms with Crippen LogP contribution in [0.25, 0.3) is 0 Å². The third kappa shape index (κ3) is 4.67. The molecule has 0 saturated heterocycles. The van der Waals surface area contributed by atoms with Gasteiger partial charge in [0.15, 0.2) is 0 Å². The molecule has 1 unspecified atom stereocenters. The van der Waals surface area contributed by atoms with E-state index in [2.05, 4.69) is 40.3 Å². The summed E-state index contributed by atoms with van der Waals surface area (Å²) < 4.78 is 1.98. The first-order chi connectivity index (χ1) is 11.0. The molecular weight excluding hydrogens is 290 g/mol. The van der Waals surface area contributed by atoms with Gasteiger partial charge in [0, 0.05) is 24.5 Å². The van der Waals surface area contributed by atoms with E-state index in [1.807, 2.05) is 18.5 Å². The van der Waals surface area contributed by atoms with E-state index in [0.717, 1.165) is 23.8 Å². The lowest BCUT2D eigenvalue weighted by molar-refractivity contribution is 0.0957. The molecule has 2 aromatic heterocycles. The zero-order chi connectivity index (χ0) is 16.8. The number of aryl methyl sites for hydroxylation is 2. The van der Waals surface area contributed by atoms with E-state index in [0.29, 0.717) is 12.1 Å². The summed E-state index contributed by atoms with van der Waals surface area (Å²) in [6.45, 7) is 10.9. The van der Waals surface area contributed by atoms with Crippen LogP contribution >= 0.6 is 0 Å². The summed E-state index contributed by atoms with van der Waals surface area (Å²) in [6.07, 6.45) is 3.21. The molecule has 0 aliphatic rings. The summed E-state index contributed by atoms with van der Waals surface area (Å²) in [5, 5.41) is 10.5. The van der Waals surface area contributed by atoms with Crippen LogP contribution in [0.3, 0.4) is 0 Å². The fourth-order valence-corrected chi connectivity index (χ4v) is 2.30. The Balaban J connectivity index is 1.93. The Morgan fingerprint density at radius 3 is 2.78 bits per heavy atom. The maximum Gasteiger partial charge on any atom is 0.253 e. The van der Waals surface area contributed by atoms with Gasteiger partial charge < -0.3 is 10.6 Å². The first kappa shape index (κ1) is 16.7. The molecule has 23 heavy (non-hydrogen) atoms. The van der Waals surface area contributed by atoms with Crippen LogP contribution in [0, 0.1) is 13.8 Å². The van der Waals surface area contributed by atoms with Crippen molar-refractivity contribution in [2.75, 3.05) is 11.9 Å². The third-order valence-electron chi connectivity index (χ3n) is 3.38. The monoisotopic (exact) mass is 313 g/mol. The summed E-state index contributed by atoms with van der Waals surface area (Å²) >= 11 is 0. The number of amides is 1. The van der Waals surface area contributed by atoms with Crippen LogP contribution in [0.5, 0.6) is 0 Å². The highest BCUT2D eigenvalue weighted by Gasteiger charge is 2.09. The highest BCUT2D eigenvalue weighted by Crippen LogP contribution is 2.09. The summed E-state index contributed by atoms with van der Waals surface area (Å²) in [5.41, 5.74) is 2.68. The number of pyridine rings is 1. The molecule has 1 atom stereocenters. The number of nitrogens with zero attached hydrogens (tertiary/aromatic N) is 3. The molecule has 2 aromatic rings. The smallest absolute Gasteiger partial charge is 0.253 e. The minimum Gasteiger partial charge on any atom is -0.366 e. The summed E-state index contributed by atoms with van der Waals surface area (Å²) in [5.74, 6) is 0.582. The van der Waals surface area contributed by atoms with Gasteiger partial charge in [0.25, 0.3) is 5.91 Å². The van der Waals surface area contributed by atoms with Gasteiger partial charge in [-0.2, -0.15) is 5.10 Å². The van der Waals surface area contributed by atoms with Crippen molar-refractivity contribution in [2.24, 2.45) is 0 Å². The molecule has 0 aliphatic carbocycles. The number of aromatic nitrogens is 3. The number of anilines is 1. The van der Waals surface area contributed by atoms with Crippen LogP contribution in [0.4, 0.5) is 5.82 Å². The van der Waals surface area contributed by atoms with E-state index >= 15 is 0 Å². The predicted octanol–water partition coefficient (Wildman–Crippen LogP) is 2.31. The minimum atomic E-state index is -0.153. The van der Waals surface area contributed by atoms with E-state index in [1.54, 1.807) is 24.4 Å². The maximum atomic E-state index is 11.8. The van der Waals surface area contributed by atoms with Crippen LogP contribution in [0.15, 0.2) is 37.1 Å². The Morgan fingerprint density at radius 1 is 1.43 bits per heavy atom. The number of carbonyl (C=O) groups is 1. The topological polar surface area (TPSA) is 71.8 Å². The van der Waals surface area contributed by atoms with E-state index in [1.165, 1.54) is 0 Å². The standard InChI is InChI=1S/C17H23N5O/c1-5-8-18-17(23)15-6-7-16(19-10-15)20-13(3)11-22-14(4)9-12(2)21-22/h5-7,9-10,13H,1,8,11H2,2-4H3,(H,18,23)(H,19,20). The van der Waals surface area contributed by atoms with Crippen molar-refractivity contribution in [3.05, 3.63) is 54.0 Å². The van der Waals surface area contributed by atoms with Gasteiger partial charge in [0.05, 0.1) is 17.8 Å². The van der Waals surface area contributed by atoms with Gasteiger partial charge >= 0.3 is 0 Å². The third-order valence-corrected chi connectivity index (χ3v) is 3.38. The SMILES string of the molecule is C=CCNC(=O)c1ccc(NC(C)Cn2nc(C)cc2C)nc1. The lowest BCUT2D eigenvalue weighted by atomic mass is 10.2. The normalized spacial score (nSPS) is 11.8. The Morgan fingerprint density at radius 2 is 2.22 bits per heavy atom. The van der Waals surface area contributed by atoms with Gasteiger partial charge in [0.1, 0.15) is 5.82 Å². The molecule has 1 amide bonds. The Bertz CT molecular complexity index is 675. The van der Waals surface area contributed by atoms with Gasteiger partial charge in [-0.25, -0.2) is 4.98 Å². The first-order valence-corrected chi connectivity index (χ1v) is 7.62. The molecular formula is C17H23N5O. The van der Waals surface area contributed by atoms with Crippen molar-refractivity contribution >= 4 is 11.7 Å². The molecule has 6 heteroatoms. The Hall–Kier alpha value is -2.63. The maximum absolute atomic E-state index is 11.8. The van der Waals surface area contributed by atoms with E-state index < -0.39 is 0 Å². The average molecular weight is 313 g/mol. The fourth-order valence-electron chi connectivity index (χ4n) is 2.30. The van der Waals surface area contributed by atoms with Crippen LogP contribution in [0.2, 0.25) is 0 Å². The van der Waals surface area contributed by atoms with Gasteiger partial charge in [-0.1, -0.05) is 6.08 Å². The van der Waals surface area contributed by atoms with Crippen molar-refractivity contribution in [1.82, 2.24) is 20.1 Å². The van der Waals surface area contributed by atoms with Gasteiger partial charge in [-0.15, -0.1) is 6.58 Å². The molecule has 2 N–H and O–H groups in total. The zero-order valence-electron chi connectivity index (χ0n) is 13.8. The number of carbonyl (C=O) groups excluding carboxylic acids is 1. The quantitative estimate of drug-likeness (QED) is 0.770. The van der Waals surface area contributed by atoms with E-state index in [4.69, 9.17) is 0 Å². The number of hydrogen-bond donors (Lipinski definition) is 2. The first-order valence-electron chi connectivity index (χ1n) is 7.62. The second-order valence-electron chi connectivity index (χ2n) is 5.59. The number of hydrogen-bond acceptors (Lipinski definition) is 4. The van der Waals surface area contributed by atoms with Crippen LogP contribution in [-0.2, 0) is 6.54 Å². The highest BCUT2D eigenvalue weighted by atomic mass is 16.1. The molecule has 122 valence electrons. The van der Waals surface area contributed by atoms with Crippen molar-refractivity contribution in [1.29, 1.82) is 0 Å². The van der Waals surface area contributed by atoms with Crippen LogP contribution in [-0.4, -0.2) is 33.3 Å². The largest absolute Gasteiger partial charge is 0.366 e. The summed E-state index contributed by atoms with van der Waals surface area (Å²) in [6, 6.07) is 5.78. The average Bonchev–Trinajstić information content (AvgIpc) is 2.83. The highest BCUT2D eigenvalue weighted by molar-refractivity contribution is 5.94. The van der Waals surface area contributed by atoms with Crippen LogP contribution in [0.1, 0.15) is 28.7 Å². The Labute approximate surface area is 136 Å². The van der Waals surface area contributed by atoms with Gasteiger partial charge in [-0.05, 0) is 39.0 Å². The second-order valence-corrected chi connectivity index (χ2v) is 5.59. The van der Waals surface area contributed by atoms with E-state index in [-0.39, 0.29) is 11.9 Å². The molecule has 0 bridgehead atoms. The van der Waals surface area contributed by atoms with Gasteiger partial charge in [0.2, 0.25) is 0 Å². The van der Waals surface area contributed by atoms with E-state index in [9.17, 15) is 4.79 Å². The second kappa shape index (κ2) is 7.58. The molecule has 0 aromatic carbocycles. The predicted molar refractivity (Wildman–Crippen MR) is 91.6 cm³/mol. The lowest BCUT2D eigenvalue weighted by Gasteiger charge is -2.15. The molecule has 0 spiro atoms. The van der Waals surface area contributed by atoms with Crippen LogP contribution < -0.4 is 10.6 Å². The van der Waals surface area contributed by atoms with Crippen molar-refractivity contribution in [3.63, 3.8) is 0 Å². The fraction of sp³-hybridized carbons (Fsp3) is 0.353. The molecule has 2 rings (SSSR count). The van der Waals surface area contributed by atoms with Crippen molar-refractivity contribution < 1.29 is 4.79 Å². The minimum absolute atomic E-state index is 0.153. The zero-order valence-corrected chi connectivity index (χ0v) is 13.8. The Kier molecular flexibility index (Phi) is 5.51. The summed E-state index contributed by atoms with van der Waals surface area (Å²) in [4.78, 5) is 16.1. The van der Waals surface area contributed by atoms with Crippen molar-refractivity contribution in [2.45, 2.75) is 33.4 Å². The molecule has 0 aliphatic heterocycles. The number of nitrogens with one attached hydrogen (secondary N) is 2. The molecule has 0 radical (unpaired) electrons. The molecule has 6 nitrogen and oxygen atoms in total. The molecule has 0 saturated carbocycles. The number of rotatable bonds is 7. The molecule has 0 fully saturated rings. The summed E-state index contributed by atoms with van der Waals surface area (Å²) in [7, 11) is 0.